The predicted molar refractivity (Wildman–Crippen MR) is 191 cm³/mol. The third-order valence-electron chi connectivity index (χ3n) is 8.13. The minimum atomic E-state index is -0.682. The van der Waals surface area contributed by atoms with E-state index in [1.165, 1.54) is 6.07 Å². The van der Waals surface area contributed by atoms with Gasteiger partial charge < -0.3 is 31.1 Å². The molecule has 4 amide bonds. The summed E-state index contributed by atoms with van der Waals surface area (Å²) in [4.78, 5) is 66.7. The highest BCUT2D eigenvalue weighted by atomic mass is 16.6. The summed E-state index contributed by atoms with van der Waals surface area (Å²) in [5.74, 6) is -1.80. The van der Waals surface area contributed by atoms with Gasteiger partial charge in [-0.2, -0.15) is 0 Å². The van der Waals surface area contributed by atoms with Crippen LogP contribution in [0.5, 0.6) is 0 Å². The maximum absolute atomic E-state index is 13.1. The van der Waals surface area contributed by atoms with Gasteiger partial charge in [0.15, 0.2) is 0 Å². The molecule has 0 radical (unpaired) electrons. The largest absolute Gasteiger partial charge is 0.352 e. The molecule has 0 aromatic heterocycles. The number of nitrogens with zero attached hydrogens (tertiary/aromatic N) is 3. The van der Waals surface area contributed by atoms with Crippen molar-refractivity contribution in [1.29, 1.82) is 0 Å². The second-order valence-corrected chi connectivity index (χ2v) is 11.4. The molecule has 0 aliphatic heterocycles. The first-order valence-corrected chi connectivity index (χ1v) is 16.7. The summed E-state index contributed by atoms with van der Waals surface area (Å²) >= 11 is 0. The van der Waals surface area contributed by atoms with Gasteiger partial charge in [-0.15, -0.1) is 0 Å². The number of nitro benzene ring substituents is 1. The van der Waals surface area contributed by atoms with Gasteiger partial charge in [0.2, 0.25) is 0 Å². The van der Waals surface area contributed by atoms with Gasteiger partial charge in [0.05, 0.1) is 4.92 Å². The van der Waals surface area contributed by atoms with Crippen LogP contribution in [0.15, 0.2) is 66.7 Å². The van der Waals surface area contributed by atoms with Crippen molar-refractivity contribution < 1.29 is 24.1 Å². The number of anilines is 2. The number of rotatable bonds is 19. The van der Waals surface area contributed by atoms with Crippen molar-refractivity contribution in [2.45, 2.75) is 40.5 Å². The maximum atomic E-state index is 13.1. The summed E-state index contributed by atoms with van der Waals surface area (Å²) in [6.45, 7) is 15.1. The highest BCUT2D eigenvalue weighted by Gasteiger charge is 2.19. The van der Waals surface area contributed by atoms with E-state index in [1.807, 2.05) is 0 Å². The Kier molecular flexibility index (Phi) is 15.3. The lowest BCUT2D eigenvalue weighted by atomic mass is 10.1. The van der Waals surface area contributed by atoms with Crippen LogP contribution >= 0.6 is 0 Å². The van der Waals surface area contributed by atoms with Gasteiger partial charge in [-0.25, -0.2) is 0 Å². The Morgan fingerprint density at radius 1 is 0.571 bits per heavy atom. The lowest BCUT2D eigenvalue weighted by Crippen LogP contribution is -2.29. The van der Waals surface area contributed by atoms with Crippen LogP contribution in [0.4, 0.5) is 17.1 Å². The van der Waals surface area contributed by atoms with E-state index >= 15 is 0 Å². The van der Waals surface area contributed by atoms with Crippen molar-refractivity contribution >= 4 is 40.7 Å². The number of benzene rings is 3. The molecular weight excluding hydrogens is 626 g/mol. The van der Waals surface area contributed by atoms with E-state index < -0.39 is 22.4 Å². The summed E-state index contributed by atoms with van der Waals surface area (Å²) in [7, 11) is 0. The maximum Gasteiger partial charge on any atom is 0.271 e. The van der Waals surface area contributed by atoms with Crippen LogP contribution in [0, 0.1) is 10.1 Å². The van der Waals surface area contributed by atoms with Gasteiger partial charge in [-0.05, 0) is 107 Å². The minimum absolute atomic E-state index is 0.0950. The summed E-state index contributed by atoms with van der Waals surface area (Å²) < 4.78 is 0. The van der Waals surface area contributed by atoms with E-state index in [4.69, 9.17) is 0 Å². The Balaban J connectivity index is 1.59. The van der Waals surface area contributed by atoms with Crippen LogP contribution in [-0.2, 0) is 0 Å². The fourth-order valence-electron chi connectivity index (χ4n) is 5.09. The zero-order chi connectivity index (χ0) is 35.8. The number of amides is 4. The lowest BCUT2D eigenvalue weighted by Gasteiger charge is -2.17. The molecule has 0 atom stereocenters. The van der Waals surface area contributed by atoms with E-state index in [1.54, 1.807) is 48.5 Å². The monoisotopic (exact) mass is 673 g/mol. The molecule has 0 bridgehead atoms. The fourth-order valence-corrected chi connectivity index (χ4v) is 5.09. The average Bonchev–Trinajstić information content (AvgIpc) is 3.11. The molecule has 3 rings (SSSR count). The van der Waals surface area contributed by atoms with Gasteiger partial charge in [0.25, 0.3) is 29.3 Å². The molecule has 0 unspecified atom stereocenters. The molecule has 4 N–H and O–H groups in total. The highest BCUT2D eigenvalue weighted by Crippen LogP contribution is 2.21. The van der Waals surface area contributed by atoms with E-state index in [-0.39, 0.29) is 22.9 Å². The van der Waals surface area contributed by atoms with Crippen LogP contribution < -0.4 is 21.3 Å². The standard InChI is InChI=1S/C36H47N7O6/c1-5-41(6-2)21-9-19-37-33(44)26-11-15-30(16-12-26)39-35(46)28-23-29(25-32(24-28)43(48)49)36(47)40-31-17-13-27(14-18-31)34(45)38-20-10-22-42(7-3)8-4/h11-18,23-25H,5-10,19-22H2,1-4H3,(H,37,44)(H,38,45)(H,39,46)(H,40,47). The van der Waals surface area contributed by atoms with Crippen LogP contribution in [0.1, 0.15) is 82.0 Å². The molecule has 0 saturated carbocycles. The van der Waals surface area contributed by atoms with E-state index in [0.29, 0.717) is 35.6 Å². The summed E-state index contributed by atoms with van der Waals surface area (Å²) in [5.41, 5.74) is 0.968. The van der Waals surface area contributed by atoms with Crippen LogP contribution in [0.2, 0.25) is 0 Å². The molecule has 49 heavy (non-hydrogen) atoms. The normalized spacial score (nSPS) is 10.9. The smallest absolute Gasteiger partial charge is 0.271 e. The molecule has 262 valence electrons. The Morgan fingerprint density at radius 2 is 0.939 bits per heavy atom. The summed E-state index contributed by atoms with van der Waals surface area (Å²) in [5, 5.41) is 22.7. The van der Waals surface area contributed by atoms with Crippen molar-refractivity contribution in [3.05, 3.63) is 99.1 Å². The summed E-state index contributed by atoms with van der Waals surface area (Å²) in [6.07, 6.45) is 1.65. The molecule has 13 nitrogen and oxygen atoms in total. The number of non-ortho nitro benzene ring substituents is 1. The zero-order valence-corrected chi connectivity index (χ0v) is 28.7. The molecule has 13 heteroatoms. The van der Waals surface area contributed by atoms with Crippen LogP contribution in [0.25, 0.3) is 0 Å². The highest BCUT2D eigenvalue weighted by molar-refractivity contribution is 6.09. The number of nitro groups is 1. The number of hydrogen-bond donors (Lipinski definition) is 4. The molecule has 3 aromatic carbocycles. The van der Waals surface area contributed by atoms with E-state index in [0.717, 1.165) is 64.2 Å². The first-order valence-electron chi connectivity index (χ1n) is 16.7. The van der Waals surface area contributed by atoms with Gasteiger partial charge in [0.1, 0.15) is 0 Å². The first-order chi connectivity index (χ1) is 23.6. The zero-order valence-electron chi connectivity index (χ0n) is 28.7. The van der Waals surface area contributed by atoms with Crippen LogP contribution in [0.3, 0.4) is 0 Å². The molecule has 3 aromatic rings. The fraction of sp³-hybridized carbons (Fsp3) is 0.389. The van der Waals surface area contributed by atoms with Gasteiger partial charge in [-0.1, -0.05) is 27.7 Å². The number of carbonyl (C=O) groups is 4. The third kappa shape index (κ3) is 12.1. The first kappa shape index (κ1) is 38.3. The Hall–Kier alpha value is -5.14. The van der Waals surface area contributed by atoms with E-state index in [2.05, 4.69) is 58.8 Å². The number of hydrogen-bond acceptors (Lipinski definition) is 8. The van der Waals surface area contributed by atoms with Crippen molar-refractivity contribution in [3.8, 4) is 0 Å². The van der Waals surface area contributed by atoms with Crippen LogP contribution in [-0.4, -0.2) is 90.7 Å². The topological polar surface area (TPSA) is 166 Å². The Morgan fingerprint density at radius 3 is 1.27 bits per heavy atom. The Labute approximate surface area is 287 Å². The molecule has 0 spiro atoms. The van der Waals surface area contributed by atoms with Crippen molar-refractivity contribution in [3.63, 3.8) is 0 Å². The lowest BCUT2D eigenvalue weighted by molar-refractivity contribution is -0.384. The molecule has 0 heterocycles. The number of carbonyl (C=O) groups excluding carboxylic acids is 4. The second kappa shape index (κ2) is 19.6. The third-order valence-corrected chi connectivity index (χ3v) is 8.13. The quantitative estimate of drug-likeness (QED) is 0.0782. The van der Waals surface area contributed by atoms with Gasteiger partial charge in [-0.3, -0.25) is 29.3 Å². The molecule has 0 aliphatic carbocycles. The predicted octanol–water partition coefficient (Wildman–Crippen LogP) is 5.02. The number of nitrogens with one attached hydrogen (secondary N) is 4. The molecule has 0 aliphatic rings. The second-order valence-electron chi connectivity index (χ2n) is 11.4. The van der Waals surface area contributed by atoms with E-state index in [9.17, 15) is 29.3 Å². The minimum Gasteiger partial charge on any atom is -0.352 e. The van der Waals surface area contributed by atoms with Crippen molar-refractivity contribution in [1.82, 2.24) is 20.4 Å². The summed E-state index contributed by atoms with van der Waals surface area (Å²) in [6, 6.07) is 16.0. The molecule has 0 saturated heterocycles. The van der Waals surface area contributed by atoms with Crippen molar-refractivity contribution in [2.24, 2.45) is 0 Å². The van der Waals surface area contributed by atoms with Crippen molar-refractivity contribution in [2.75, 3.05) is 63.0 Å². The SMILES string of the molecule is CCN(CC)CCCNC(=O)c1ccc(NC(=O)c2cc(C(=O)Nc3ccc(C(=O)NCCCN(CC)CC)cc3)cc([N+](=O)[O-])c2)cc1. The van der Waals surface area contributed by atoms with Gasteiger partial charge >= 0.3 is 0 Å². The average molecular weight is 674 g/mol. The van der Waals surface area contributed by atoms with Gasteiger partial charge in [0, 0.05) is 58.9 Å². The molecular formula is C36H47N7O6. The Bertz CT molecular complexity index is 1460. The molecule has 0 fully saturated rings.